The number of hydrogen-bond acceptors (Lipinski definition) is 3. The maximum absolute atomic E-state index is 11.3. The molecule has 0 aromatic rings. The molecule has 1 aliphatic heterocycles. The van der Waals surface area contributed by atoms with Gasteiger partial charge in [0.25, 0.3) is 0 Å². The number of hydrogen-bond donors (Lipinski definition) is 1. The number of ether oxygens (including phenoxy) is 1. The molecule has 1 rings (SSSR count). The van der Waals surface area contributed by atoms with E-state index in [9.17, 15) is 4.79 Å². The highest BCUT2D eigenvalue weighted by molar-refractivity contribution is 5.66. The largest absolute Gasteiger partial charge is 0.450 e. The molecule has 1 amide bonds. The third-order valence-electron chi connectivity index (χ3n) is 4.85. The lowest BCUT2D eigenvalue weighted by Crippen LogP contribution is -2.52. The zero-order valence-electron chi connectivity index (χ0n) is 12.5. The number of carbonyl (C=O) groups is 1. The molecule has 0 saturated carbocycles. The zero-order chi connectivity index (χ0) is 13.8. The molecule has 0 bridgehead atoms. The third-order valence-corrected chi connectivity index (χ3v) is 4.85. The van der Waals surface area contributed by atoms with Crippen molar-refractivity contribution in [2.24, 2.45) is 11.3 Å². The Kier molecular flexibility index (Phi) is 5.45. The molecule has 1 heterocycles. The number of alkyl carbamates (subject to hydrolysis) is 1. The van der Waals surface area contributed by atoms with Gasteiger partial charge < -0.3 is 15.0 Å². The summed E-state index contributed by atoms with van der Waals surface area (Å²) >= 11 is 0. The van der Waals surface area contributed by atoms with Gasteiger partial charge in [-0.2, -0.15) is 0 Å². The second-order valence-electron chi connectivity index (χ2n) is 5.77. The van der Waals surface area contributed by atoms with Gasteiger partial charge in [0.2, 0.25) is 0 Å². The first-order valence-electron chi connectivity index (χ1n) is 7.02. The Balaban J connectivity index is 2.49. The highest BCUT2D eigenvalue weighted by atomic mass is 16.5. The Labute approximate surface area is 111 Å². The van der Waals surface area contributed by atoms with Crippen LogP contribution in [-0.4, -0.2) is 43.8 Å². The smallest absolute Gasteiger partial charge is 0.407 e. The van der Waals surface area contributed by atoms with Gasteiger partial charge in [0.15, 0.2) is 0 Å². The summed E-state index contributed by atoms with van der Waals surface area (Å²) in [7, 11) is 2.18. The number of likely N-dealkylation sites (tertiary alicyclic amines) is 1. The normalized spacial score (nSPS) is 33.2. The van der Waals surface area contributed by atoms with E-state index in [-0.39, 0.29) is 11.5 Å². The van der Waals surface area contributed by atoms with Gasteiger partial charge in [0.1, 0.15) is 0 Å². The van der Waals surface area contributed by atoms with E-state index in [4.69, 9.17) is 4.74 Å². The summed E-state index contributed by atoms with van der Waals surface area (Å²) in [5.74, 6) is 0.668. The van der Waals surface area contributed by atoms with Crippen molar-refractivity contribution in [1.82, 2.24) is 10.2 Å². The minimum Gasteiger partial charge on any atom is -0.450 e. The summed E-state index contributed by atoms with van der Waals surface area (Å²) in [6, 6.07) is 0.527. The maximum atomic E-state index is 11.3. The third kappa shape index (κ3) is 3.37. The number of piperidine rings is 1. The lowest BCUT2D eigenvalue weighted by Gasteiger charge is -2.49. The van der Waals surface area contributed by atoms with Crippen molar-refractivity contribution in [3.8, 4) is 0 Å². The molecule has 1 aliphatic rings. The monoisotopic (exact) mass is 256 g/mol. The molecular weight excluding hydrogens is 228 g/mol. The molecule has 3 atom stereocenters. The first-order valence-corrected chi connectivity index (χ1v) is 7.02. The molecule has 0 aromatic carbocycles. The van der Waals surface area contributed by atoms with Crippen LogP contribution in [0.5, 0.6) is 0 Å². The molecule has 1 N–H and O–H groups in total. The molecule has 4 nitrogen and oxygen atoms in total. The Morgan fingerprint density at radius 3 is 2.78 bits per heavy atom. The summed E-state index contributed by atoms with van der Waals surface area (Å²) in [5.41, 5.74) is 0.222. The van der Waals surface area contributed by atoms with Crippen molar-refractivity contribution in [2.75, 3.05) is 26.7 Å². The highest BCUT2D eigenvalue weighted by Gasteiger charge is 2.41. The van der Waals surface area contributed by atoms with Gasteiger partial charge in [0, 0.05) is 12.6 Å². The van der Waals surface area contributed by atoms with Crippen LogP contribution < -0.4 is 5.32 Å². The van der Waals surface area contributed by atoms with Gasteiger partial charge in [-0.05, 0) is 51.6 Å². The van der Waals surface area contributed by atoms with E-state index >= 15 is 0 Å². The number of carbonyl (C=O) groups excluding carboxylic acids is 1. The van der Waals surface area contributed by atoms with E-state index in [0.717, 1.165) is 13.0 Å². The highest BCUT2D eigenvalue weighted by Crippen LogP contribution is 2.42. The number of amides is 1. The topological polar surface area (TPSA) is 41.6 Å². The molecule has 0 radical (unpaired) electrons. The summed E-state index contributed by atoms with van der Waals surface area (Å²) in [4.78, 5) is 13.7. The first kappa shape index (κ1) is 15.3. The Hall–Kier alpha value is -0.770. The second-order valence-corrected chi connectivity index (χ2v) is 5.77. The molecule has 18 heavy (non-hydrogen) atoms. The van der Waals surface area contributed by atoms with Crippen molar-refractivity contribution in [3.05, 3.63) is 0 Å². The van der Waals surface area contributed by atoms with Crippen LogP contribution in [-0.2, 0) is 4.74 Å². The molecule has 1 fully saturated rings. The zero-order valence-corrected chi connectivity index (χ0v) is 12.5. The Bertz CT molecular complexity index is 283. The van der Waals surface area contributed by atoms with Crippen molar-refractivity contribution < 1.29 is 9.53 Å². The molecule has 3 unspecified atom stereocenters. The minimum absolute atomic E-state index is 0.222. The van der Waals surface area contributed by atoms with Gasteiger partial charge in [-0.25, -0.2) is 4.79 Å². The summed E-state index contributed by atoms with van der Waals surface area (Å²) < 4.78 is 5.21. The first-order chi connectivity index (χ1) is 8.41. The number of nitrogens with zero attached hydrogens (tertiary/aromatic N) is 1. The van der Waals surface area contributed by atoms with E-state index in [1.165, 1.54) is 6.42 Å². The van der Waals surface area contributed by atoms with Crippen LogP contribution in [0.2, 0.25) is 0 Å². The Morgan fingerprint density at radius 1 is 1.50 bits per heavy atom. The predicted octanol–water partition coefficient (Wildman–Crippen LogP) is 2.49. The fraction of sp³-hybridized carbons (Fsp3) is 0.929. The van der Waals surface area contributed by atoms with E-state index in [2.05, 4.69) is 38.0 Å². The van der Waals surface area contributed by atoms with Crippen molar-refractivity contribution in [3.63, 3.8) is 0 Å². The van der Waals surface area contributed by atoms with Crippen LogP contribution in [0.1, 0.15) is 40.5 Å². The van der Waals surface area contributed by atoms with Gasteiger partial charge in [-0.1, -0.05) is 13.8 Å². The van der Waals surface area contributed by atoms with E-state index in [1.807, 2.05) is 6.92 Å². The van der Waals surface area contributed by atoms with Crippen LogP contribution >= 0.6 is 0 Å². The van der Waals surface area contributed by atoms with Crippen LogP contribution in [0.25, 0.3) is 0 Å². The number of nitrogens with one attached hydrogen (secondary N) is 1. The van der Waals surface area contributed by atoms with Crippen LogP contribution in [0.3, 0.4) is 0 Å². The summed E-state index contributed by atoms with van der Waals surface area (Å²) in [6.45, 7) is 11.1. The standard InChI is InChI=1S/C14H28N2O2/c1-6-15-13(17)18-10-8-14(4)11(2)7-9-16(5)12(14)3/h11-12H,6-10H2,1-5H3,(H,15,17). The van der Waals surface area contributed by atoms with Crippen molar-refractivity contribution >= 4 is 6.09 Å². The minimum atomic E-state index is -0.300. The maximum Gasteiger partial charge on any atom is 0.407 e. The van der Waals surface area contributed by atoms with Crippen LogP contribution in [0.4, 0.5) is 4.79 Å². The number of rotatable bonds is 4. The van der Waals surface area contributed by atoms with Crippen LogP contribution in [0.15, 0.2) is 0 Å². The summed E-state index contributed by atoms with van der Waals surface area (Å²) in [5, 5.41) is 2.66. The average molecular weight is 256 g/mol. The van der Waals surface area contributed by atoms with Gasteiger partial charge in [0.05, 0.1) is 6.61 Å². The fourth-order valence-corrected chi connectivity index (χ4v) is 2.85. The SMILES string of the molecule is CCNC(=O)OCCC1(C)C(C)CCN(C)C1C. The Morgan fingerprint density at radius 2 is 2.17 bits per heavy atom. The van der Waals surface area contributed by atoms with E-state index < -0.39 is 0 Å². The van der Waals surface area contributed by atoms with E-state index in [1.54, 1.807) is 0 Å². The lowest BCUT2D eigenvalue weighted by molar-refractivity contribution is -0.0124. The molecule has 106 valence electrons. The predicted molar refractivity (Wildman–Crippen MR) is 73.6 cm³/mol. The molecule has 0 spiro atoms. The van der Waals surface area contributed by atoms with Crippen molar-refractivity contribution in [2.45, 2.75) is 46.6 Å². The molecule has 0 aliphatic carbocycles. The fourth-order valence-electron chi connectivity index (χ4n) is 2.85. The van der Waals surface area contributed by atoms with Crippen molar-refractivity contribution in [1.29, 1.82) is 0 Å². The molecule has 4 heteroatoms. The molecular formula is C14H28N2O2. The second kappa shape index (κ2) is 6.41. The summed E-state index contributed by atoms with van der Waals surface area (Å²) in [6.07, 6.45) is 1.85. The quantitative estimate of drug-likeness (QED) is 0.840. The molecule has 0 aromatic heterocycles. The van der Waals surface area contributed by atoms with Gasteiger partial charge >= 0.3 is 6.09 Å². The van der Waals surface area contributed by atoms with Crippen LogP contribution in [0, 0.1) is 11.3 Å². The average Bonchev–Trinajstić information content (AvgIpc) is 2.32. The van der Waals surface area contributed by atoms with E-state index in [0.29, 0.717) is 25.1 Å². The lowest BCUT2D eigenvalue weighted by atomic mass is 9.66. The molecule has 1 saturated heterocycles. The van der Waals surface area contributed by atoms with Gasteiger partial charge in [-0.15, -0.1) is 0 Å². The van der Waals surface area contributed by atoms with Gasteiger partial charge in [-0.3, -0.25) is 0 Å².